The Kier molecular flexibility index (Phi) is 5.47. The van der Waals surface area contributed by atoms with E-state index in [0.29, 0.717) is 11.3 Å². The summed E-state index contributed by atoms with van der Waals surface area (Å²) in [6, 6.07) is 4.90. The summed E-state index contributed by atoms with van der Waals surface area (Å²) in [7, 11) is -1.91. The van der Waals surface area contributed by atoms with Crippen LogP contribution in [0, 0.1) is 5.82 Å². The van der Waals surface area contributed by atoms with Gasteiger partial charge in [0, 0.05) is 18.7 Å². The summed E-state index contributed by atoms with van der Waals surface area (Å²) in [6.07, 6.45) is 0. The lowest BCUT2D eigenvalue weighted by Gasteiger charge is -2.14. The van der Waals surface area contributed by atoms with Crippen molar-refractivity contribution in [1.29, 1.82) is 0 Å². The quantitative estimate of drug-likeness (QED) is 0.694. The molecule has 2 amide bonds. The Bertz CT molecular complexity index is 1020. The maximum absolute atomic E-state index is 13.2. The number of hydrogen-bond acceptors (Lipinski definition) is 6. The van der Waals surface area contributed by atoms with Gasteiger partial charge in [-0.25, -0.2) is 17.5 Å². The van der Waals surface area contributed by atoms with Gasteiger partial charge in [-0.05, 0) is 31.2 Å². The molecule has 0 bridgehead atoms. The zero-order valence-corrected chi connectivity index (χ0v) is 16.0. The Balaban J connectivity index is 1.91. The van der Waals surface area contributed by atoms with Gasteiger partial charge in [0.1, 0.15) is 11.6 Å². The summed E-state index contributed by atoms with van der Waals surface area (Å²) in [5.41, 5.74) is 1.01. The number of nitrogens with zero attached hydrogens (tertiary/aromatic N) is 2. The Morgan fingerprint density at radius 3 is 2.57 bits per heavy atom. The molecule has 0 aliphatic carbocycles. The van der Waals surface area contributed by atoms with E-state index < -0.39 is 33.5 Å². The fourth-order valence-electron chi connectivity index (χ4n) is 2.89. The largest absolute Gasteiger partial charge is 0.383 e. The molecule has 2 aromatic rings. The number of ether oxygens (including phenoxy) is 1. The van der Waals surface area contributed by atoms with E-state index in [0.717, 1.165) is 0 Å². The third kappa shape index (κ3) is 4.20. The normalized spacial score (nSPS) is 15.7. The zero-order chi connectivity index (χ0) is 20.5. The van der Waals surface area contributed by atoms with Gasteiger partial charge in [-0.15, -0.1) is 0 Å². The first-order valence-electron chi connectivity index (χ1n) is 8.38. The van der Waals surface area contributed by atoms with Gasteiger partial charge in [0.25, 0.3) is 0 Å². The molecule has 150 valence electrons. The lowest BCUT2D eigenvalue weighted by atomic mass is 10.2. The van der Waals surface area contributed by atoms with Gasteiger partial charge in [0.2, 0.25) is 0 Å². The van der Waals surface area contributed by atoms with Crippen LogP contribution in [0.15, 0.2) is 24.3 Å². The van der Waals surface area contributed by atoms with Gasteiger partial charge in [-0.2, -0.15) is 5.10 Å². The Morgan fingerprint density at radius 2 is 1.93 bits per heavy atom. The first-order valence-corrected chi connectivity index (χ1v) is 10.2. The standard InChI is InChI=1S/C17H19FN4O5S/c1-10(7-27-2)19-16(23)17(24)20-15-13-8-28(25,26)9-14(13)21-22(15)12-5-3-11(18)4-6-12/h3-6,10H,7-9H2,1-2H3,(H,19,23)(H,20,24)/t10-/m0/s1. The van der Waals surface area contributed by atoms with Crippen LogP contribution < -0.4 is 10.6 Å². The summed E-state index contributed by atoms with van der Waals surface area (Å²) in [5.74, 6) is -2.83. The molecule has 0 radical (unpaired) electrons. The molecule has 1 aromatic heterocycles. The van der Waals surface area contributed by atoms with Crippen LogP contribution in [0.3, 0.4) is 0 Å². The monoisotopic (exact) mass is 410 g/mol. The van der Waals surface area contributed by atoms with Gasteiger partial charge >= 0.3 is 11.8 Å². The van der Waals surface area contributed by atoms with Crippen molar-refractivity contribution < 1.29 is 27.1 Å². The number of rotatable bonds is 5. The predicted molar refractivity (Wildman–Crippen MR) is 98.0 cm³/mol. The lowest BCUT2D eigenvalue weighted by molar-refractivity contribution is -0.136. The first-order chi connectivity index (χ1) is 13.2. The van der Waals surface area contributed by atoms with E-state index in [9.17, 15) is 22.4 Å². The number of amides is 2. The van der Waals surface area contributed by atoms with Gasteiger partial charge in [-0.1, -0.05) is 0 Å². The molecule has 1 aromatic carbocycles. The molecule has 1 atom stereocenters. The average Bonchev–Trinajstić information content (AvgIpc) is 3.08. The highest BCUT2D eigenvalue weighted by Gasteiger charge is 2.34. The smallest absolute Gasteiger partial charge is 0.314 e. The molecule has 0 unspecified atom stereocenters. The van der Waals surface area contributed by atoms with E-state index in [1.807, 2.05) is 0 Å². The third-order valence-electron chi connectivity index (χ3n) is 4.09. The summed E-state index contributed by atoms with van der Waals surface area (Å²) in [4.78, 5) is 24.4. The van der Waals surface area contributed by atoms with E-state index in [4.69, 9.17) is 4.74 Å². The van der Waals surface area contributed by atoms with Gasteiger partial charge in [0.05, 0.1) is 29.5 Å². The van der Waals surface area contributed by atoms with Crippen LogP contribution in [-0.2, 0) is 35.7 Å². The van der Waals surface area contributed by atoms with Crippen LogP contribution in [0.1, 0.15) is 18.2 Å². The van der Waals surface area contributed by atoms with Gasteiger partial charge < -0.3 is 15.4 Å². The van der Waals surface area contributed by atoms with E-state index in [1.165, 1.54) is 36.1 Å². The molecule has 1 aliphatic heterocycles. The summed E-state index contributed by atoms with van der Waals surface area (Å²) >= 11 is 0. The van der Waals surface area contributed by atoms with Crippen molar-refractivity contribution in [2.75, 3.05) is 19.0 Å². The number of sulfone groups is 1. The number of aromatic nitrogens is 2. The molecule has 2 N–H and O–H groups in total. The minimum absolute atomic E-state index is 0.0715. The molecular weight excluding hydrogens is 391 g/mol. The van der Waals surface area contributed by atoms with Crippen LogP contribution in [0.5, 0.6) is 0 Å². The molecular formula is C17H19FN4O5S. The van der Waals surface area contributed by atoms with Crippen molar-refractivity contribution in [2.24, 2.45) is 0 Å². The van der Waals surface area contributed by atoms with Crippen molar-refractivity contribution in [3.63, 3.8) is 0 Å². The van der Waals surface area contributed by atoms with Crippen LogP contribution in [0.4, 0.5) is 10.2 Å². The Hall–Kier alpha value is -2.79. The fraction of sp³-hybridized carbons (Fsp3) is 0.353. The maximum atomic E-state index is 13.2. The second-order valence-electron chi connectivity index (χ2n) is 6.48. The van der Waals surface area contributed by atoms with Crippen LogP contribution in [-0.4, -0.2) is 49.8 Å². The first kappa shape index (κ1) is 20.0. The third-order valence-corrected chi connectivity index (χ3v) is 5.53. The number of carbonyl (C=O) groups is 2. The zero-order valence-electron chi connectivity index (χ0n) is 15.2. The molecule has 1 aliphatic rings. The number of fused-ring (bicyclic) bond motifs is 1. The molecule has 11 heteroatoms. The summed E-state index contributed by atoms with van der Waals surface area (Å²) in [6.45, 7) is 1.89. The number of benzene rings is 1. The lowest BCUT2D eigenvalue weighted by Crippen LogP contribution is -2.42. The van der Waals surface area contributed by atoms with Crippen molar-refractivity contribution in [3.8, 4) is 5.69 Å². The minimum atomic E-state index is -3.38. The molecule has 0 fully saturated rings. The molecule has 28 heavy (non-hydrogen) atoms. The fourth-order valence-corrected chi connectivity index (χ4v) is 4.38. The van der Waals surface area contributed by atoms with E-state index in [2.05, 4.69) is 15.7 Å². The van der Waals surface area contributed by atoms with E-state index in [-0.39, 0.29) is 29.6 Å². The van der Waals surface area contributed by atoms with Crippen molar-refractivity contribution >= 4 is 27.5 Å². The minimum Gasteiger partial charge on any atom is -0.383 e. The number of halogens is 1. The highest BCUT2D eigenvalue weighted by atomic mass is 32.2. The number of hydrogen-bond donors (Lipinski definition) is 2. The van der Waals surface area contributed by atoms with E-state index >= 15 is 0 Å². The van der Waals surface area contributed by atoms with Gasteiger partial charge in [-0.3, -0.25) is 9.59 Å². The predicted octanol–water partition coefficient (Wildman–Crippen LogP) is 0.529. The summed E-state index contributed by atoms with van der Waals surface area (Å²) in [5, 5.41) is 9.15. The second-order valence-corrected chi connectivity index (χ2v) is 8.54. The number of nitrogens with one attached hydrogen (secondary N) is 2. The second kappa shape index (κ2) is 7.68. The summed E-state index contributed by atoms with van der Waals surface area (Å²) < 4.78 is 43.3. The molecule has 2 heterocycles. The Morgan fingerprint density at radius 1 is 1.25 bits per heavy atom. The molecule has 0 saturated carbocycles. The highest BCUT2D eigenvalue weighted by molar-refractivity contribution is 7.90. The number of methoxy groups -OCH3 is 1. The van der Waals surface area contributed by atoms with Crippen molar-refractivity contribution in [1.82, 2.24) is 15.1 Å². The molecule has 9 nitrogen and oxygen atoms in total. The highest BCUT2D eigenvalue weighted by Crippen LogP contribution is 2.32. The number of carbonyl (C=O) groups excluding carboxylic acids is 2. The average molecular weight is 410 g/mol. The molecule has 0 spiro atoms. The number of anilines is 1. The van der Waals surface area contributed by atoms with E-state index in [1.54, 1.807) is 6.92 Å². The van der Waals surface area contributed by atoms with Crippen LogP contribution >= 0.6 is 0 Å². The molecule has 0 saturated heterocycles. The van der Waals surface area contributed by atoms with Crippen LogP contribution in [0.25, 0.3) is 5.69 Å². The SMILES string of the molecule is COC[C@H](C)NC(=O)C(=O)Nc1c2c(nn1-c1ccc(F)cc1)CS(=O)(=O)C2. The molecule has 3 rings (SSSR count). The van der Waals surface area contributed by atoms with Crippen molar-refractivity contribution in [3.05, 3.63) is 41.3 Å². The topological polar surface area (TPSA) is 119 Å². The maximum Gasteiger partial charge on any atom is 0.314 e. The van der Waals surface area contributed by atoms with Crippen molar-refractivity contribution in [2.45, 2.75) is 24.5 Å². The Labute approximate surface area is 160 Å². The van der Waals surface area contributed by atoms with Gasteiger partial charge in [0.15, 0.2) is 9.84 Å². The van der Waals surface area contributed by atoms with Crippen LogP contribution in [0.2, 0.25) is 0 Å².